The molecule has 1 unspecified atom stereocenters. The Labute approximate surface area is 139 Å². The molecule has 4 heteroatoms. The topological polar surface area (TPSA) is 42.0 Å². The molecule has 0 bridgehead atoms. The summed E-state index contributed by atoms with van der Waals surface area (Å²) in [7, 11) is 0. The van der Waals surface area contributed by atoms with E-state index in [2.05, 4.69) is 10.3 Å². The molecule has 1 amide bonds. The first-order valence-electron chi connectivity index (χ1n) is 7.31. The molecule has 3 aromatic rings. The number of nitrogens with one attached hydrogen (secondary N) is 1. The summed E-state index contributed by atoms with van der Waals surface area (Å²) in [6.07, 6.45) is 1.74. The minimum atomic E-state index is -0.355. The maximum Gasteiger partial charge on any atom is 0.242 e. The highest BCUT2D eigenvalue weighted by molar-refractivity contribution is 8.00. The zero-order valence-electron chi connectivity index (χ0n) is 12.4. The van der Waals surface area contributed by atoms with E-state index in [4.69, 9.17) is 0 Å². The van der Waals surface area contributed by atoms with E-state index in [9.17, 15) is 4.79 Å². The second kappa shape index (κ2) is 7.61. The normalized spacial score (nSPS) is 11.7. The highest BCUT2D eigenvalue weighted by atomic mass is 32.2. The molecule has 0 aliphatic carbocycles. The van der Waals surface area contributed by atoms with Gasteiger partial charge >= 0.3 is 0 Å². The van der Waals surface area contributed by atoms with Crippen molar-refractivity contribution in [2.24, 2.45) is 0 Å². The molecule has 114 valence electrons. The third kappa shape index (κ3) is 4.20. The molecule has 3 rings (SSSR count). The number of para-hydroxylation sites is 1. The second-order valence-electron chi connectivity index (χ2n) is 4.93. The molecule has 0 saturated heterocycles. The van der Waals surface area contributed by atoms with Crippen LogP contribution in [0.2, 0.25) is 0 Å². The summed E-state index contributed by atoms with van der Waals surface area (Å²) >= 11 is 1.45. The number of aromatic nitrogens is 1. The first-order chi connectivity index (χ1) is 11.3. The number of hydrogen-bond acceptors (Lipinski definition) is 3. The fraction of sp³-hybridized carbons (Fsp3) is 0.0526. The van der Waals surface area contributed by atoms with Gasteiger partial charge in [0.15, 0.2) is 0 Å². The molecule has 0 aliphatic rings. The molecule has 0 fully saturated rings. The number of rotatable bonds is 5. The van der Waals surface area contributed by atoms with E-state index in [0.29, 0.717) is 0 Å². The molecule has 0 aliphatic heterocycles. The molecule has 1 heterocycles. The maximum atomic E-state index is 12.8. The summed E-state index contributed by atoms with van der Waals surface area (Å²) in [5, 5.41) is 3.44. The van der Waals surface area contributed by atoms with Crippen LogP contribution >= 0.6 is 11.8 Å². The van der Waals surface area contributed by atoms with E-state index in [-0.39, 0.29) is 11.2 Å². The van der Waals surface area contributed by atoms with Crippen molar-refractivity contribution in [3.8, 4) is 0 Å². The Morgan fingerprint density at radius 2 is 1.52 bits per heavy atom. The van der Waals surface area contributed by atoms with Gasteiger partial charge < -0.3 is 5.32 Å². The van der Waals surface area contributed by atoms with E-state index in [1.165, 1.54) is 11.8 Å². The number of anilines is 1. The number of pyridine rings is 1. The average molecular weight is 320 g/mol. The molecule has 1 atom stereocenters. The molecule has 0 radical (unpaired) electrons. The lowest BCUT2D eigenvalue weighted by atomic mass is 10.1. The highest BCUT2D eigenvalue weighted by Gasteiger charge is 2.22. The van der Waals surface area contributed by atoms with Crippen molar-refractivity contribution in [2.75, 3.05) is 5.32 Å². The molecular weight excluding hydrogens is 304 g/mol. The van der Waals surface area contributed by atoms with Crippen molar-refractivity contribution >= 4 is 23.4 Å². The van der Waals surface area contributed by atoms with Crippen LogP contribution in [0.5, 0.6) is 0 Å². The van der Waals surface area contributed by atoms with Crippen molar-refractivity contribution in [1.82, 2.24) is 4.98 Å². The average Bonchev–Trinajstić information content (AvgIpc) is 2.62. The number of hydrogen-bond donors (Lipinski definition) is 1. The molecular formula is C19H16N2OS. The van der Waals surface area contributed by atoms with Crippen molar-refractivity contribution in [3.63, 3.8) is 0 Å². The highest BCUT2D eigenvalue weighted by Crippen LogP contribution is 2.34. The summed E-state index contributed by atoms with van der Waals surface area (Å²) in [6.45, 7) is 0. The number of carbonyl (C=O) groups is 1. The lowest BCUT2D eigenvalue weighted by Crippen LogP contribution is -2.19. The fourth-order valence-electron chi connectivity index (χ4n) is 2.17. The molecule has 3 nitrogen and oxygen atoms in total. The van der Waals surface area contributed by atoms with Crippen molar-refractivity contribution in [3.05, 3.63) is 90.6 Å². The first-order valence-corrected chi connectivity index (χ1v) is 8.19. The van der Waals surface area contributed by atoms with Crippen LogP contribution in [0.4, 0.5) is 5.69 Å². The van der Waals surface area contributed by atoms with E-state index in [0.717, 1.165) is 16.3 Å². The minimum Gasteiger partial charge on any atom is -0.325 e. The van der Waals surface area contributed by atoms with Gasteiger partial charge in [0.25, 0.3) is 0 Å². The Balaban J connectivity index is 1.84. The van der Waals surface area contributed by atoms with Gasteiger partial charge in [0, 0.05) is 11.9 Å². The maximum absolute atomic E-state index is 12.8. The van der Waals surface area contributed by atoms with Gasteiger partial charge in [-0.1, -0.05) is 66.4 Å². The van der Waals surface area contributed by atoms with Crippen molar-refractivity contribution < 1.29 is 4.79 Å². The van der Waals surface area contributed by atoms with Crippen LogP contribution in [-0.4, -0.2) is 10.9 Å². The molecule has 23 heavy (non-hydrogen) atoms. The van der Waals surface area contributed by atoms with E-state index >= 15 is 0 Å². The fourth-order valence-corrected chi connectivity index (χ4v) is 3.15. The molecule has 0 spiro atoms. The summed E-state index contributed by atoms with van der Waals surface area (Å²) < 4.78 is 0. The van der Waals surface area contributed by atoms with Gasteiger partial charge in [0.05, 0.1) is 5.03 Å². The first kappa shape index (κ1) is 15.3. The van der Waals surface area contributed by atoms with Crippen LogP contribution < -0.4 is 5.32 Å². The van der Waals surface area contributed by atoms with E-state index in [1.807, 2.05) is 78.9 Å². The Hall–Kier alpha value is -2.59. The van der Waals surface area contributed by atoms with Crippen LogP contribution in [0.15, 0.2) is 90.1 Å². The smallest absolute Gasteiger partial charge is 0.242 e. The Morgan fingerprint density at radius 3 is 2.17 bits per heavy atom. The summed E-state index contributed by atoms with van der Waals surface area (Å²) in [6, 6.07) is 24.9. The van der Waals surface area contributed by atoms with Crippen molar-refractivity contribution in [2.45, 2.75) is 10.3 Å². The quantitative estimate of drug-likeness (QED) is 0.701. The lowest BCUT2D eigenvalue weighted by Gasteiger charge is -2.16. The van der Waals surface area contributed by atoms with Gasteiger partial charge in [0.2, 0.25) is 5.91 Å². The minimum absolute atomic E-state index is 0.0574. The van der Waals surface area contributed by atoms with Gasteiger partial charge in [-0.15, -0.1) is 0 Å². The SMILES string of the molecule is O=C(Nc1ccccc1)C(Sc1ccccn1)c1ccccc1. The molecule has 1 N–H and O–H groups in total. The van der Waals surface area contributed by atoms with Gasteiger partial charge in [-0.05, 0) is 29.8 Å². The number of benzene rings is 2. The van der Waals surface area contributed by atoms with Gasteiger partial charge in [-0.3, -0.25) is 4.79 Å². The third-order valence-corrected chi connectivity index (χ3v) is 4.46. The summed E-state index contributed by atoms with van der Waals surface area (Å²) in [5.41, 5.74) is 1.75. The van der Waals surface area contributed by atoms with Crippen LogP contribution in [0, 0.1) is 0 Å². The van der Waals surface area contributed by atoms with Gasteiger partial charge in [-0.2, -0.15) is 0 Å². The number of amides is 1. The number of nitrogens with zero attached hydrogens (tertiary/aromatic N) is 1. The van der Waals surface area contributed by atoms with E-state index in [1.54, 1.807) is 6.20 Å². The number of carbonyl (C=O) groups excluding carboxylic acids is 1. The summed E-state index contributed by atoms with van der Waals surface area (Å²) in [5.74, 6) is -0.0574. The molecule has 1 aromatic heterocycles. The lowest BCUT2D eigenvalue weighted by molar-refractivity contribution is -0.115. The predicted molar refractivity (Wildman–Crippen MR) is 94.3 cm³/mol. The standard InChI is InChI=1S/C19H16N2OS/c22-19(21-16-11-5-2-6-12-16)18(15-9-3-1-4-10-15)23-17-13-7-8-14-20-17/h1-14,18H,(H,21,22). The summed E-state index contributed by atoms with van der Waals surface area (Å²) in [4.78, 5) is 17.1. The molecule has 0 saturated carbocycles. The van der Waals surface area contributed by atoms with Crippen LogP contribution in [0.25, 0.3) is 0 Å². The predicted octanol–water partition coefficient (Wildman–Crippen LogP) is 4.55. The largest absolute Gasteiger partial charge is 0.325 e. The monoisotopic (exact) mass is 320 g/mol. The van der Waals surface area contributed by atoms with Crippen LogP contribution in [0.1, 0.15) is 10.8 Å². The zero-order valence-corrected chi connectivity index (χ0v) is 13.2. The third-order valence-electron chi connectivity index (χ3n) is 3.26. The van der Waals surface area contributed by atoms with Gasteiger partial charge in [0.1, 0.15) is 5.25 Å². The van der Waals surface area contributed by atoms with E-state index < -0.39 is 0 Å². The van der Waals surface area contributed by atoms with Gasteiger partial charge in [-0.25, -0.2) is 4.98 Å². The zero-order chi connectivity index (χ0) is 15.9. The number of thioether (sulfide) groups is 1. The Kier molecular flexibility index (Phi) is 5.06. The van der Waals surface area contributed by atoms with Crippen LogP contribution in [-0.2, 0) is 4.79 Å². The Bertz CT molecular complexity index is 748. The van der Waals surface area contributed by atoms with Crippen LogP contribution in [0.3, 0.4) is 0 Å². The second-order valence-corrected chi connectivity index (χ2v) is 6.06. The van der Waals surface area contributed by atoms with Crippen molar-refractivity contribution in [1.29, 1.82) is 0 Å². The Morgan fingerprint density at radius 1 is 0.870 bits per heavy atom. The molecule has 2 aromatic carbocycles.